The van der Waals surface area contributed by atoms with Crippen molar-refractivity contribution in [2.45, 2.75) is 37.1 Å². The van der Waals surface area contributed by atoms with Crippen LogP contribution in [0, 0.1) is 6.92 Å². The fourth-order valence-electron chi connectivity index (χ4n) is 5.50. The number of carbonyl (C=O) groups is 2. The number of hydrogen-bond donors (Lipinski definition) is 4. The number of ketones is 1. The van der Waals surface area contributed by atoms with Gasteiger partial charge in [0, 0.05) is 43.0 Å². The summed E-state index contributed by atoms with van der Waals surface area (Å²) >= 11 is 0. The lowest BCUT2D eigenvalue weighted by molar-refractivity contribution is -0.169. The van der Waals surface area contributed by atoms with Crippen molar-refractivity contribution in [2.24, 2.45) is 0 Å². The monoisotopic (exact) mass is 551 g/mol. The molecule has 206 valence electrons. The number of aromatic amines is 1. The van der Waals surface area contributed by atoms with E-state index < -0.39 is 34.0 Å². The number of anilines is 1. The van der Waals surface area contributed by atoms with E-state index in [-0.39, 0.29) is 28.3 Å². The van der Waals surface area contributed by atoms with Crippen molar-refractivity contribution in [3.8, 4) is 5.75 Å². The number of ether oxygens (including phenoxy) is 1. The molecule has 1 aliphatic carbocycles. The molecule has 0 bridgehead atoms. The number of para-hydroxylation sites is 1. The number of Topliss-reactive ketones (excluding diaryl/α,β-unsaturated/α-hetero) is 1. The number of fused-ring (bicyclic) bond motifs is 5. The van der Waals surface area contributed by atoms with E-state index in [4.69, 9.17) is 10.5 Å². The van der Waals surface area contributed by atoms with E-state index in [1.165, 1.54) is 0 Å². The smallest absolute Gasteiger partial charge is 0.271 e. The quantitative estimate of drug-likeness (QED) is 0.365. The molecule has 10 nitrogen and oxygen atoms in total. The van der Waals surface area contributed by atoms with Crippen LogP contribution in [0.4, 0.5) is 5.69 Å². The molecule has 3 aromatic rings. The Kier molecular flexibility index (Phi) is 6.88. The van der Waals surface area contributed by atoms with Crippen LogP contribution in [0.15, 0.2) is 53.6 Å². The van der Waals surface area contributed by atoms with Crippen molar-refractivity contribution < 1.29 is 23.6 Å². The highest BCUT2D eigenvalue weighted by molar-refractivity contribution is 7.82. The van der Waals surface area contributed by atoms with Crippen molar-refractivity contribution in [3.05, 3.63) is 76.5 Å². The third-order valence-electron chi connectivity index (χ3n) is 7.49. The zero-order valence-electron chi connectivity index (χ0n) is 22.4. The number of H-pyrrole nitrogens is 1. The summed E-state index contributed by atoms with van der Waals surface area (Å²) < 4.78 is 21.0. The second-order valence-corrected chi connectivity index (χ2v) is 11.2. The number of aliphatic hydroxyl groups is 1. The predicted molar refractivity (Wildman–Crippen MR) is 148 cm³/mol. The zero-order chi connectivity index (χ0) is 28.1. The fourth-order valence-corrected chi connectivity index (χ4v) is 6.74. The molecule has 6 rings (SSSR count). The number of aryl methyl sites for hydroxylation is 1. The maximum absolute atomic E-state index is 14.0. The van der Waals surface area contributed by atoms with Crippen LogP contribution in [0.5, 0.6) is 5.75 Å². The molecule has 1 saturated heterocycles. The molecule has 2 aliphatic heterocycles. The number of amides is 1. The average Bonchev–Trinajstić information content (AvgIpc) is 3.51. The van der Waals surface area contributed by atoms with Gasteiger partial charge in [-0.2, -0.15) is 0 Å². The molecule has 11 heteroatoms. The highest BCUT2D eigenvalue weighted by Gasteiger charge is 2.72. The van der Waals surface area contributed by atoms with Crippen LogP contribution < -0.4 is 15.8 Å². The number of nitrogens with one attached hydrogen (secondary N) is 2. The van der Waals surface area contributed by atoms with E-state index in [0.717, 1.165) is 13.1 Å². The van der Waals surface area contributed by atoms with Crippen LogP contribution in [0.25, 0.3) is 0 Å². The Balaban J connectivity index is 0.00000151. The number of carbonyl (C=O) groups excluding carboxylic acids is 2. The van der Waals surface area contributed by atoms with Crippen molar-refractivity contribution in [1.29, 1.82) is 0 Å². The van der Waals surface area contributed by atoms with Gasteiger partial charge in [0.05, 0.1) is 5.56 Å². The van der Waals surface area contributed by atoms with Gasteiger partial charge in [-0.25, -0.2) is 8.51 Å². The van der Waals surface area contributed by atoms with E-state index in [1.807, 2.05) is 25.2 Å². The topological polar surface area (TPSA) is 141 Å². The molecule has 3 unspecified atom stereocenters. The lowest BCUT2D eigenvalue weighted by Crippen LogP contribution is -2.60. The molecule has 3 heterocycles. The molecule has 0 saturated carbocycles. The second-order valence-electron chi connectivity index (χ2n) is 9.72. The molecule has 3 atom stereocenters. The maximum Gasteiger partial charge on any atom is 0.271 e. The van der Waals surface area contributed by atoms with Gasteiger partial charge in [-0.15, -0.1) is 0 Å². The Bertz CT molecular complexity index is 1480. The Morgan fingerprint density at radius 1 is 1.10 bits per heavy atom. The minimum Gasteiger partial charge on any atom is -0.454 e. The number of nitrogen functional groups attached to an aromatic ring is 1. The highest BCUT2D eigenvalue weighted by Crippen LogP contribution is 2.58. The van der Waals surface area contributed by atoms with E-state index in [2.05, 4.69) is 15.2 Å². The molecule has 1 amide bonds. The lowest BCUT2D eigenvalue weighted by atomic mass is 9.82. The number of aromatic nitrogens is 1. The van der Waals surface area contributed by atoms with Crippen molar-refractivity contribution in [1.82, 2.24) is 19.5 Å². The summed E-state index contributed by atoms with van der Waals surface area (Å²) in [6.45, 7) is 8.60. The van der Waals surface area contributed by atoms with Gasteiger partial charge in [0.15, 0.2) is 0 Å². The van der Waals surface area contributed by atoms with Crippen molar-refractivity contribution in [3.63, 3.8) is 0 Å². The van der Waals surface area contributed by atoms with Crippen LogP contribution in [-0.2, 0) is 22.3 Å². The Morgan fingerprint density at radius 3 is 2.49 bits per heavy atom. The summed E-state index contributed by atoms with van der Waals surface area (Å²) in [5.74, 6) is -3.11. The summed E-state index contributed by atoms with van der Waals surface area (Å²) in [5, 5.41) is 15.1. The summed E-state index contributed by atoms with van der Waals surface area (Å²) in [6.07, 6.45) is 0. The molecule has 1 aromatic heterocycles. The number of nitrogens with two attached hydrogens (primary N) is 1. The van der Waals surface area contributed by atoms with E-state index in [9.17, 15) is 18.9 Å². The number of hydrogen-bond acceptors (Lipinski definition) is 7. The Labute approximate surface area is 229 Å². The van der Waals surface area contributed by atoms with E-state index in [0.29, 0.717) is 29.2 Å². The van der Waals surface area contributed by atoms with Crippen LogP contribution in [0.2, 0.25) is 0 Å². The highest BCUT2D eigenvalue weighted by atomic mass is 32.2. The van der Waals surface area contributed by atoms with Gasteiger partial charge in [-0.3, -0.25) is 9.59 Å². The van der Waals surface area contributed by atoms with Crippen LogP contribution in [0.1, 0.15) is 51.4 Å². The number of nitrogens with zero attached hydrogens (tertiary/aromatic N) is 2. The van der Waals surface area contributed by atoms with Crippen molar-refractivity contribution >= 4 is 28.4 Å². The minimum absolute atomic E-state index is 0.111. The number of piperazine rings is 1. The molecular weight excluding hydrogens is 518 g/mol. The molecule has 1 fully saturated rings. The van der Waals surface area contributed by atoms with Crippen LogP contribution >= 0.6 is 0 Å². The summed E-state index contributed by atoms with van der Waals surface area (Å²) in [5.41, 5.74) is 5.71. The van der Waals surface area contributed by atoms with Gasteiger partial charge in [0.2, 0.25) is 11.3 Å². The Hall–Kier alpha value is -3.51. The van der Waals surface area contributed by atoms with Gasteiger partial charge in [0.1, 0.15) is 27.5 Å². The van der Waals surface area contributed by atoms with Gasteiger partial charge < -0.3 is 30.8 Å². The van der Waals surface area contributed by atoms with Gasteiger partial charge in [-0.05, 0) is 37.7 Å². The van der Waals surface area contributed by atoms with E-state index in [1.54, 1.807) is 55.5 Å². The molecule has 2 aromatic carbocycles. The zero-order valence-corrected chi connectivity index (χ0v) is 23.2. The summed E-state index contributed by atoms with van der Waals surface area (Å²) in [4.78, 5) is 32.9. The van der Waals surface area contributed by atoms with E-state index >= 15 is 0 Å². The predicted octanol–water partition coefficient (Wildman–Crippen LogP) is 2.26. The number of benzene rings is 2. The number of likely N-dealkylation sites (N-methyl/N-ethyl adjacent to an activating group) is 1. The number of rotatable bonds is 4. The second kappa shape index (κ2) is 9.91. The minimum atomic E-state index is -2.19. The first-order valence-electron chi connectivity index (χ1n) is 13.0. The average molecular weight is 552 g/mol. The largest absolute Gasteiger partial charge is 0.454 e. The first-order chi connectivity index (χ1) is 18.7. The fraction of sp³-hybridized carbons (Fsp3) is 0.357. The van der Waals surface area contributed by atoms with Crippen LogP contribution in [0.3, 0.4) is 0 Å². The molecule has 0 radical (unpaired) electrons. The summed E-state index contributed by atoms with van der Waals surface area (Å²) in [6, 6.07) is 13.1. The van der Waals surface area contributed by atoms with Crippen molar-refractivity contribution in [2.75, 3.05) is 39.0 Å². The molecule has 0 spiro atoms. The standard InChI is InChI=1S/C26H27N5O5S.C2H6/c1-15-14-20(37(35)31-12-10-30(2)11-13-31)28-22(15)24(33)29-25-16-6-3-4-9-19(16)36-26(25,34)17-7-5-8-18(27)21(17)23(25)32;1-2/h3-9,14,28,34H,10-13,27H2,1-2H3,(H,29,33);1-2H3. The Morgan fingerprint density at radius 2 is 1.77 bits per heavy atom. The summed E-state index contributed by atoms with van der Waals surface area (Å²) in [7, 11) is 0.542. The third kappa shape index (κ3) is 3.91. The normalized spacial score (nSPS) is 24.6. The van der Waals surface area contributed by atoms with Gasteiger partial charge in [-0.1, -0.05) is 44.2 Å². The first-order valence-corrected chi connectivity index (χ1v) is 14.1. The first kappa shape index (κ1) is 27.1. The lowest BCUT2D eigenvalue weighted by Gasteiger charge is -2.34. The van der Waals surface area contributed by atoms with Gasteiger partial charge in [0.25, 0.3) is 11.7 Å². The molecule has 5 N–H and O–H groups in total. The van der Waals surface area contributed by atoms with Gasteiger partial charge >= 0.3 is 0 Å². The van der Waals surface area contributed by atoms with Crippen LogP contribution in [-0.4, -0.2) is 68.4 Å². The molecular formula is C28H33N5O5S. The molecule has 3 aliphatic rings. The molecule has 39 heavy (non-hydrogen) atoms. The SMILES string of the molecule is CC.Cc1cc(S(=O)N2CCN(C)CC2)[nH]c1C(=O)NC12C(=O)c3c(N)cccc3C1(O)Oc1ccccc12. The third-order valence-corrected chi connectivity index (χ3v) is 8.92. The maximum atomic E-state index is 14.0.